The Bertz CT molecular complexity index is 1140. The summed E-state index contributed by atoms with van der Waals surface area (Å²) in [6, 6.07) is 5.80. The van der Waals surface area contributed by atoms with Crippen LogP contribution in [0.1, 0.15) is 62.4 Å². The highest BCUT2D eigenvalue weighted by atomic mass is 19.1. The van der Waals surface area contributed by atoms with Gasteiger partial charge in [0.1, 0.15) is 30.4 Å². The van der Waals surface area contributed by atoms with Gasteiger partial charge in [-0.05, 0) is 62.1 Å². The topological polar surface area (TPSA) is 93.2 Å². The fourth-order valence-corrected chi connectivity index (χ4v) is 5.49. The molecule has 1 fully saturated rings. The molecule has 1 aromatic carbocycles. The van der Waals surface area contributed by atoms with Gasteiger partial charge in [-0.2, -0.15) is 0 Å². The van der Waals surface area contributed by atoms with Gasteiger partial charge < -0.3 is 24.6 Å². The highest BCUT2D eigenvalue weighted by molar-refractivity contribution is 5.77. The van der Waals surface area contributed by atoms with Crippen LogP contribution >= 0.6 is 0 Å². The fraction of sp³-hybridized carbons (Fsp3) is 0.586. The van der Waals surface area contributed by atoms with Crippen LogP contribution in [0.5, 0.6) is 11.5 Å². The van der Waals surface area contributed by atoms with Gasteiger partial charge in [0.05, 0.1) is 6.10 Å². The van der Waals surface area contributed by atoms with Gasteiger partial charge in [-0.15, -0.1) is 0 Å². The van der Waals surface area contributed by atoms with E-state index in [0.29, 0.717) is 37.6 Å². The van der Waals surface area contributed by atoms with E-state index in [0.717, 1.165) is 56.6 Å². The summed E-state index contributed by atoms with van der Waals surface area (Å²) in [5, 5.41) is 13.5. The molecule has 0 saturated carbocycles. The molecule has 2 N–H and O–H groups in total. The number of benzene rings is 1. The smallest absolute Gasteiger partial charge is 0.325 e. The van der Waals surface area contributed by atoms with Crippen molar-refractivity contribution in [3.63, 3.8) is 0 Å². The third-order valence-corrected chi connectivity index (χ3v) is 7.67. The number of rotatable bonds is 10. The number of aryl methyl sites for hydroxylation is 2. The number of pyridine rings is 1. The van der Waals surface area contributed by atoms with E-state index in [4.69, 9.17) is 19.2 Å². The average molecular weight is 528 g/mol. The number of aromatic nitrogens is 1. The van der Waals surface area contributed by atoms with Crippen molar-refractivity contribution in [2.75, 3.05) is 38.2 Å². The van der Waals surface area contributed by atoms with E-state index in [9.17, 15) is 14.3 Å². The van der Waals surface area contributed by atoms with Crippen molar-refractivity contribution < 1.29 is 28.5 Å². The number of nitrogens with one attached hydrogen (secondary N) is 1. The number of carboxylic acids is 1. The number of hydrogen-bond acceptors (Lipinski definition) is 7. The Morgan fingerprint density at radius 1 is 1.32 bits per heavy atom. The van der Waals surface area contributed by atoms with Crippen LogP contribution in [-0.4, -0.2) is 66.0 Å². The highest BCUT2D eigenvalue weighted by Gasteiger charge is 2.38. The summed E-state index contributed by atoms with van der Waals surface area (Å²) in [5.74, 6) is 0.223. The Morgan fingerprint density at radius 2 is 2.18 bits per heavy atom. The van der Waals surface area contributed by atoms with Crippen LogP contribution in [0.3, 0.4) is 0 Å². The Balaban J connectivity index is 1.15. The number of hydrogen-bond donors (Lipinski definition) is 2. The molecule has 9 heteroatoms. The molecule has 206 valence electrons. The second kappa shape index (κ2) is 11.9. The maximum absolute atomic E-state index is 14.5. The molecule has 0 bridgehead atoms. The monoisotopic (exact) mass is 527 g/mol. The second-order valence-electron chi connectivity index (χ2n) is 10.8. The lowest BCUT2D eigenvalue weighted by molar-refractivity contribution is -0.143. The molecule has 3 aliphatic rings. The Hall–Kier alpha value is -2.91. The van der Waals surface area contributed by atoms with Gasteiger partial charge >= 0.3 is 5.97 Å². The number of fused-ring (bicyclic) bond motifs is 2. The third kappa shape index (κ3) is 6.04. The maximum Gasteiger partial charge on any atom is 0.325 e. The van der Waals surface area contributed by atoms with Gasteiger partial charge in [0.2, 0.25) is 0 Å². The lowest BCUT2D eigenvalue weighted by atomic mass is 10.0. The van der Waals surface area contributed by atoms with Crippen molar-refractivity contribution in [2.45, 2.75) is 70.6 Å². The number of ether oxygens (including phenoxy) is 3. The first kappa shape index (κ1) is 26.7. The van der Waals surface area contributed by atoms with E-state index in [-0.39, 0.29) is 23.9 Å². The summed E-state index contributed by atoms with van der Waals surface area (Å²) in [7, 11) is 0. The van der Waals surface area contributed by atoms with E-state index in [1.807, 2.05) is 18.7 Å². The molecular weight excluding hydrogens is 489 g/mol. The zero-order valence-corrected chi connectivity index (χ0v) is 22.2. The molecule has 2 unspecified atom stereocenters. The van der Waals surface area contributed by atoms with Gasteiger partial charge in [0.25, 0.3) is 0 Å². The molecule has 0 amide bonds. The molecule has 38 heavy (non-hydrogen) atoms. The molecule has 0 spiro atoms. The van der Waals surface area contributed by atoms with Crippen molar-refractivity contribution in [3.05, 3.63) is 46.9 Å². The van der Waals surface area contributed by atoms with Crippen LogP contribution in [-0.2, 0) is 22.4 Å². The lowest BCUT2D eigenvalue weighted by Crippen LogP contribution is -2.37. The first-order valence-electron chi connectivity index (χ1n) is 13.8. The van der Waals surface area contributed by atoms with Crippen LogP contribution in [0, 0.1) is 11.7 Å². The van der Waals surface area contributed by atoms with Crippen molar-refractivity contribution >= 4 is 11.8 Å². The molecule has 1 saturated heterocycles. The van der Waals surface area contributed by atoms with E-state index < -0.39 is 17.8 Å². The van der Waals surface area contributed by atoms with Gasteiger partial charge in [0.15, 0.2) is 11.5 Å². The number of halogens is 1. The van der Waals surface area contributed by atoms with Crippen molar-refractivity contribution in [1.29, 1.82) is 0 Å². The predicted octanol–water partition coefficient (Wildman–Crippen LogP) is 4.61. The number of carbonyl (C=O) groups is 1. The van der Waals surface area contributed by atoms with Crippen molar-refractivity contribution in [3.8, 4) is 11.5 Å². The summed E-state index contributed by atoms with van der Waals surface area (Å²) in [5.41, 5.74) is 2.69. The van der Waals surface area contributed by atoms with E-state index in [2.05, 4.69) is 17.4 Å². The van der Waals surface area contributed by atoms with Gasteiger partial charge in [-0.3, -0.25) is 9.69 Å². The molecule has 5 rings (SSSR count). The van der Waals surface area contributed by atoms with Crippen LogP contribution in [0.2, 0.25) is 0 Å². The van der Waals surface area contributed by atoms with Crippen LogP contribution < -0.4 is 14.8 Å². The van der Waals surface area contributed by atoms with Gasteiger partial charge in [-0.25, -0.2) is 9.37 Å². The van der Waals surface area contributed by atoms with Crippen molar-refractivity contribution in [2.24, 2.45) is 5.92 Å². The SMILES string of the molecule is CC(C)[C@H]1COc2cc(F)cc(C(C(=O)O)N3CCC(OCCCCc4ccc5c(n4)NCCC5)C3)c2O1. The molecule has 4 heterocycles. The van der Waals surface area contributed by atoms with E-state index in [1.165, 1.54) is 17.7 Å². The summed E-state index contributed by atoms with van der Waals surface area (Å²) in [4.78, 5) is 19.0. The minimum Gasteiger partial charge on any atom is -0.486 e. The summed E-state index contributed by atoms with van der Waals surface area (Å²) >= 11 is 0. The minimum absolute atomic E-state index is 0.0621. The minimum atomic E-state index is -1.04. The largest absolute Gasteiger partial charge is 0.486 e. The van der Waals surface area contributed by atoms with E-state index in [1.54, 1.807) is 0 Å². The lowest BCUT2D eigenvalue weighted by Gasteiger charge is -2.33. The number of likely N-dealkylation sites (tertiary alicyclic amines) is 1. The standard InChI is InChI=1S/C29H38FN3O5/c1-18(2)25-17-37-24-15-20(30)14-23(27(24)38-25)26(29(34)35)33-12-10-22(16-33)36-13-4-3-7-21-9-8-19-6-5-11-31-28(19)32-21/h8-9,14-15,18,22,25-26H,3-7,10-13,16-17H2,1-2H3,(H,31,32)(H,34,35)/t22?,25-,26?/m1/s1. The van der Waals surface area contributed by atoms with Crippen LogP contribution in [0.4, 0.5) is 10.2 Å². The maximum atomic E-state index is 14.5. The Kier molecular flexibility index (Phi) is 8.33. The Morgan fingerprint density at radius 3 is 3.00 bits per heavy atom. The molecule has 0 aliphatic carbocycles. The number of carboxylic acid groups (broad SMARTS) is 1. The molecule has 8 nitrogen and oxygen atoms in total. The number of unbranched alkanes of at least 4 members (excludes halogenated alkanes) is 1. The number of aliphatic carboxylic acids is 1. The average Bonchev–Trinajstić information content (AvgIpc) is 3.36. The van der Waals surface area contributed by atoms with E-state index >= 15 is 0 Å². The molecule has 2 aromatic rings. The second-order valence-corrected chi connectivity index (χ2v) is 10.8. The third-order valence-electron chi connectivity index (χ3n) is 7.67. The number of anilines is 1. The first-order chi connectivity index (χ1) is 18.4. The van der Waals surface area contributed by atoms with Crippen LogP contribution in [0.25, 0.3) is 0 Å². The van der Waals surface area contributed by atoms with Crippen LogP contribution in [0.15, 0.2) is 24.3 Å². The first-order valence-corrected chi connectivity index (χ1v) is 13.8. The summed E-state index contributed by atoms with van der Waals surface area (Å²) in [6.45, 7) is 6.95. The zero-order chi connectivity index (χ0) is 26.6. The van der Waals surface area contributed by atoms with Crippen molar-refractivity contribution in [1.82, 2.24) is 9.88 Å². The fourth-order valence-electron chi connectivity index (χ4n) is 5.49. The normalized spacial score (nSPS) is 21.7. The molecule has 1 aromatic heterocycles. The Labute approximate surface area is 223 Å². The quantitative estimate of drug-likeness (QED) is 0.433. The molecule has 0 radical (unpaired) electrons. The predicted molar refractivity (Wildman–Crippen MR) is 141 cm³/mol. The highest BCUT2D eigenvalue weighted by Crippen LogP contribution is 2.42. The van der Waals surface area contributed by atoms with Gasteiger partial charge in [-0.1, -0.05) is 19.9 Å². The number of nitrogens with zero attached hydrogens (tertiary/aromatic N) is 2. The summed E-state index contributed by atoms with van der Waals surface area (Å²) in [6.07, 6.45) is 5.48. The molecule has 3 atom stereocenters. The molecule has 3 aliphatic heterocycles. The summed E-state index contributed by atoms with van der Waals surface area (Å²) < 4.78 is 32.5. The molecular formula is C29H38FN3O5. The zero-order valence-electron chi connectivity index (χ0n) is 22.2. The van der Waals surface area contributed by atoms with Gasteiger partial charge in [0, 0.05) is 43.6 Å².